The minimum atomic E-state index is -1.00. The van der Waals surface area contributed by atoms with Gasteiger partial charge in [-0.15, -0.1) is 0 Å². The van der Waals surface area contributed by atoms with Gasteiger partial charge in [0.25, 0.3) is 0 Å². The molecule has 2 rings (SSSR count). The summed E-state index contributed by atoms with van der Waals surface area (Å²) in [6, 6.07) is 7.64. The van der Waals surface area contributed by atoms with E-state index in [1.165, 1.54) is 19.3 Å². The third-order valence-electron chi connectivity index (χ3n) is 3.42. The van der Waals surface area contributed by atoms with Crippen LogP contribution in [0, 0.1) is 0 Å². The summed E-state index contributed by atoms with van der Waals surface area (Å²) in [6.45, 7) is 2.95. The monoisotopic (exact) mass is 288 g/mol. The fraction of sp³-hybridized carbons (Fsp3) is 0.438. The molecule has 1 heterocycles. The maximum atomic E-state index is 6.21. The highest BCUT2D eigenvalue weighted by Gasteiger charge is 2.27. The molecule has 0 spiro atoms. The Hall–Kier alpha value is -2.01. The molecule has 1 aliphatic heterocycles. The molecule has 5 heteroatoms. The van der Waals surface area contributed by atoms with Crippen LogP contribution >= 0.6 is 0 Å². The lowest BCUT2D eigenvalue weighted by Gasteiger charge is -2.28. The number of ether oxygens (including phenoxy) is 1. The number of nitrogens with two attached hydrogens (primary N) is 2. The van der Waals surface area contributed by atoms with Crippen LogP contribution in [-0.2, 0) is 5.79 Å². The zero-order valence-corrected chi connectivity index (χ0v) is 12.5. The molecule has 1 aromatic rings. The highest BCUT2D eigenvalue weighted by Crippen LogP contribution is 2.22. The molecule has 0 aliphatic carbocycles. The van der Waals surface area contributed by atoms with Gasteiger partial charge in [-0.25, -0.2) is 4.99 Å². The largest absolute Gasteiger partial charge is 0.494 e. The van der Waals surface area contributed by atoms with Gasteiger partial charge >= 0.3 is 0 Å². The Balaban J connectivity index is 1.91. The maximum Gasteiger partial charge on any atom is 0.211 e. The Bertz CT molecular complexity index is 510. The molecular formula is C16H24N4O. The zero-order valence-electron chi connectivity index (χ0n) is 12.5. The molecule has 0 saturated carbocycles. The van der Waals surface area contributed by atoms with E-state index in [9.17, 15) is 0 Å². The van der Waals surface area contributed by atoms with Crippen molar-refractivity contribution in [3.63, 3.8) is 0 Å². The Morgan fingerprint density at radius 1 is 1.19 bits per heavy atom. The summed E-state index contributed by atoms with van der Waals surface area (Å²) in [4.78, 5) is 4.24. The van der Waals surface area contributed by atoms with Crippen molar-refractivity contribution in [2.24, 2.45) is 16.5 Å². The van der Waals surface area contributed by atoms with Crippen molar-refractivity contribution >= 4 is 5.84 Å². The second-order valence-electron chi connectivity index (χ2n) is 5.21. The summed E-state index contributed by atoms with van der Waals surface area (Å²) < 4.78 is 5.71. The number of benzene rings is 1. The molecule has 1 atom stereocenters. The lowest BCUT2D eigenvalue weighted by molar-refractivity contribution is 0.304. The average Bonchev–Trinajstić information content (AvgIpc) is 2.47. The number of amidine groups is 1. The third kappa shape index (κ3) is 4.23. The van der Waals surface area contributed by atoms with E-state index < -0.39 is 5.79 Å². The van der Waals surface area contributed by atoms with Gasteiger partial charge < -0.3 is 15.8 Å². The van der Waals surface area contributed by atoms with Gasteiger partial charge in [0.2, 0.25) is 5.79 Å². The number of rotatable bonds is 7. The normalized spacial score (nSPS) is 20.8. The van der Waals surface area contributed by atoms with Crippen LogP contribution in [0.3, 0.4) is 0 Å². The van der Waals surface area contributed by atoms with Crippen molar-refractivity contribution in [3.05, 3.63) is 42.1 Å². The fourth-order valence-electron chi connectivity index (χ4n) is 2.20. The molecule has 1 unspecified atom stereocenters. The number of aliphatic imine (C=N–C) groups is 1. The van der Waals surface area contributed by atoms with Gasteiger partial charge in [0, 0.05) is 11.8 Å². The first-order chi connectivity index (χ1) is 10.1. The molecule has 0 aromatic heterocycles. The quantitative estimate of drug-likeness (QED) is 0.671. The molecule has 0 fully saturated rings. The first-order valence-corrected chi connectivity index (χ1v) is 7.46. The molecule has 1 aromatic carbocycles. The minimum absolute atomic E-state index is 0.410. The van der Waals surface area contributed by atoms with Gasteiger partial charge in [0.05, 0.1) is 6.61 Å². The summed E-state index contributed by atoms with van der Waals surface area (Å²) in [7, 11) is 0. The van der Waals surface area contributed by atoms with Crippen LogP contribution in [0.25, 0.3) is 0 Å². The molecule has 114 valence electrons. The molecule has 21 heavy (non-hydrogen) atoms. The van der Waals surface area contributed by atoms with Crippen LogP contribution < -0.4 is 21.5 Å². The number of hydrogen-bond donors (Lipinski definition) is 3. The first kappa shape index (κ1) is 15.4. The first-order valence-electron chi connectivity index (χ1n) is 7.46. The van der Waals surface area contributed by atoms with Gasteiger partial charge in [-0.2, -0.15) is 0 Å². The summed E-state index contributed by atoms with van der Waals surface area (Å²) in [5.41, 5.74) is 12.7. The zero-order chi connectivity index (χ0) is 15.1. The van der Waals surface area contributed by atoms with Crippen LogP contribution in [0.2, 0.25) is 0 Å². The van der Waals surface area contributed by atoms with E-state index in [0.29, 0.717) is 5.84 Å². The highest BCUT2D eigenvalue weighted by atomic mass is 16.5. The third-order valence-corrected chi connectivity index (χ3v) is 3.42. The summed E-state index contributed by atoms with van der Waals surface area (Å²) >= 11 is 0. The fourth-order valence-corrected chi connectivity index (χ4v) is 2.20. The van der Waals surface area contributed by atoms with E-state index in [4.69, 9.17) is 16.2 Å². The maximum absolute atomic E-state index is 6.21. The molecule has 5 nitrogen and oxygen atoms in total. The van der Waals surface area contributed by atoms with Crippen molar-refractivity contribution < 1.29 is 4.74 Å². The van der Waals surface area contributed by atoms with Crippen LogP contribution in [0.4, 0.5) is 0 Å². The molecular weight excluding hydrogens is 264 g/mol. The van der Waals surface area contributed by atoms with Gasteiger partial charge in [-0.3, -0.25) is 5.73 Å². The Morgan fingerprint density at radius 2 is 1.95 bits per heavy atom. The average molecular weight is 288 g/mol. The molecule has 0 radical (unpaired) electrons. The highest BCUT2D eigenvalue weighted by molar-refractivity contribution is 5.92. The molecule has 0 bridgehead atoms. The van der Waals surface area contributed by atoms with E-state index >= 15 is 0 Å². The Morgan fingerprint density at radius 3 is 2.62 bits per heavy atom. The van der Waals surface area contributed by atoms with Gasteiger partial charge in [0.15, 0.2) is 0 Å². The lowest BCUT2D eigenvalue weighted by atomic mass is 10.1. The topological polar surface area (TPSA) is 85.7 Å². The van der Waals surface area contributed by atoms with Crippen LogP contribution in [0.5, 0.6) is 5.75 Å². The predicted octanol–water partition coefficient (Wildman–Crippen LogP) is 2.19. The Kier molecular flexibility index (Phi) is 5.22. The standard InChI is InChI=1S/C16H24N4O/c1-2-3-4-5-12-21-14-8-6-13(7-9-14)16(18)19-11-10-15(17)20-16/h6-11,19H,2-5,12,18H2,1H3,(H2,17,20). The van der Waals surface area contributed by atoms with Crippen LogP contribution in [0.1, 0.15) is 38.2 Å². The Labute approximate surface area is 126 Å². The van der Waals surface area contributed by atoms with E-state index in [-0.39, 0.29) is 0 Å². The summed E-state index contributed by atoms with van der Waals surface area (Å²) in [5, 5.41) is 3.02. The number of unbranched alkanes of at least 4 members (excludes halogenated alkanes) is 3. The molecule has 0 saturated heterocycles. The van der Waals surface area contributed by atoms with Gasteiger partial charge in [0.1, 0.15) is 11.6 Å². The van der Waals surface area contributed by atoms with Crippen molar-refractivity contribution in [1.29, 1.82) is 0 Å². The van der Waals surface area contributed by atoms with E-state index in [1.54, 1.807) is 12.3 Å². The SMILES string of the molecule is CCCCCCOc1ccc(C2(N)N=C(N)C=CN2)cc1. The number of nitrogens with one attached hydrogen (secondary N) is 1. The smallest absolute Gasteiger partial charge is 0.211 e. The second-order valence-corrected chi connectivity index (χ2v) is 5.21. The minimum Gasteiger partial charge on any atom is -0.494 e. The van der Waals surface area contributed by atoms with Gasteiger partial charge in [-0.05, 0) is 36.8 Å². The number of nitrogens with zero attached hydrogens (tertiary/aromatic N) is 1. The van der Waals surface area contributed by atoms with Crippen molar-refractivity contribution in [2.75, 3.05) is 6.61 Å². The predicted molar refractivity (Wildman–Crippen MR) is 85.8 cm³/mol. The van der Waals surface area contributed by atoms with E-state index in [2.05, 4.69) is 17.2 Å². The molecule has 5 N–H and O–H groups in total. The van der Waals surface area contributed by atoms with E-state index in [1.807, 2.05) is 24.3 Å². The molecule has 1 aliphatic rings. The van der Waals surface area contributed by atoms with Crippen LogP contribution in [0.15, 0.2) is 41.5 Å². The molecule has 0 amide bonds. The summed E-state index contributed by atoms with van der Waals surface area (Å²) in [6.07, 6.45) is 8.18. The number of hydrogen-bond acceptors (Lipinski definition) is 5. The second kappa shape index (κ2) is 7.13. The van der Waals surface area contributed by atoms with Crippen molar-refractivity contribution in [2.45, 2.75) is 38.4 Å². The lowest BCUT2D eigenvalue weighted by Crippen LogP contribution is -2.49. The van der Waals surface area contributed by atoms with Gasteiger partial charge in [-0.1, -0.05) is 26.2 Å². The van der Waals surface area contributed by atoms with E-state index in [0.717, 1.165) is 24.3 Å². The van der Waals surface area contributed by atoms with Crippen molar-refractivity contribution in [1.82, 2.24) is 5.32 Å². The summed E-state index contributed by atoms with van der Waals surface area (Å²) in [5.74, 6) is 0.257. The van der Waals surface area contributed by atoms with Crippen molar-refractivity contribution in [3.8, 4) is 5.75 Å². The van der Waals surface area contributed by atoms with Crippen LogP contribution in [-0.4, -0.2) is 12.4 Å².